The van der Waals surface area contributed by atoms with Crippen molar-refractivity contribution >= 4 is 16.7 Å². The maximum atomic E-state index is 12.1. The molecule has 0 saturated heterocycles. The maximum absolute atomic E-state index is 12.1. The zero-order valence-electron chi connectivity index (χ0n) is 17.2. The number of fused-ring (bicyclic) bond motifs is 1. The van der Waals surface area contributed by atoms with Crippen LogP contribution in [0, 0.1) is 10.1 Å². The van der Waals surface area contributed by atoms with Crippen LogP contribution in [0.4, 0.5) is 0 Å². The van der Waals surface area contributed by atoms with E-state index in [1.165, 1.54) is 0 Å². The molecule has 0 bridgehead atoms. The van der Waals surface area contributed by atoms with Gasteiger partial charge in [0.1, 0.15) is 19.0 Å². The second-order valence-electron chi connectivity index (χ2n) is 6.00. The van der Waals surface area contributed by atoms with Gasteiger partial charge in [0.2, 0.25) is 0 Å². The number of hydrogen-bond acceptors (Lipinski definition) is 7. The molecule has 0 atom stereocenters. The van der Waals surface area contributed by atoms with E-state index in [-0.39, 0.29) is 25.6 Å². The smallest absolute Gasteiger partial charge is 0.310 e. The quantitative estimate of drug-likeness (QED) is 0.309. The summed E-state index contributed by atoms with van der Waals surface area (Å²) in [4.78, 5) is 30.8. The normalized spacial score (nSPS) is 9.97. The number of esters is 1. The second-order valence-corrected chi connectivity index (χ2v) is 6.00. The minimum absolute atomic E-state index is 0.0179. The van der Waals surface area contributed by atoms with E-state index in [4.69, 9.17) is 9.47 Å². The largest absolute Gasteiger partial charge is 0.497 e. The van der Waals surface area contributed by atoms with Crippen LogP contribution in [0.1, 0.15) is 30.8 Å². The first kappa shape index (κ1) is 22.6. The summed E-state index contributed by atoms with van der Waals surface area (Å²) in [5.74, 6) is 0.389. The Labute approximate surface area is 174 Å². The van der Waals surface area contributed by atoms with Crippen molar-refractivity contribution < 1.29 is 24.2 Å². The molecular weight excluding hydrogens is 388 g/mol. The summed E-state index contributed by atoms with van der Waals surface area (Å²) in [5.41, 5.74) is 1.71. The fourth-order valence-electron chi connectivity index (χ4n) is 2.69. The molecule has 0 saturated carbocycles. The monoisotopic (exact) mass is 412 g/mol. The molecule has 0 fully saturated rings. The molecule has 0 spiro atoms. The number of hydrogen-bond donors (Lipinski definition) is 0. The summed E-state index contributed by atoms with van der Waals surface area (Å²) in [6.07, 6.45) is 0.131. The fraction of sp³-hybridized carbons (Fsp3) is 0.273. The summed E-state index contributed by atoms with van der Waals surface area (Å²) in [5, 5.41) is 11.4. The van der Waals surface area contributed by atoms with Crippen LogP contribution in [0.15, 0.2) is 54.6 Å². The van der Waals surface area contributed by atoms with Crippen molar-refractivity contribution in [2.24, 2.45) is 0 Å². The van der Waals surface area contributed by atoms with Crippen LogP contribution < -0.4 is 4.74 Å². The molecule has 0 aliphatic carbocycles. The minimum atomic E-state index is -0.881. The van der Waals surface area contributed by atoms with Gasteiger partial charge in [-0.05, 0) is 40.6 Å². The van der Waals surface area contributed by atoms with Gasteiger partial charge in [-0.2, -0.15) is 0 Å². The second kappa shape index (κ2) is 11.4. The van der Waals surface area contributed by atoms with Crippen LogP contribution in [0.3, 0.4) is 0 Å². The highest BCUT2D eigenvalue weighted by Gasteiger charge is 2.08. The molecule has 3 rings (SSSR count). The summed E-state index contributed by atoms with van der Waals surface area (Å²) in [6.45, 7) is 3.73. The maximum Gasteiger partial charge on any atom is 0.310 e. The lowest BCUT2D eigenvalue weighted by molar-refractivity contribution is -0.763. The van der Waals surface area contributed by atoms with E-state index in [1.54, 1.807) is 25.3 Å². The minimum Gasteiger partial charge on any atom is -0.497 e. The van der Waals surface area contributed by atoms with Crippen molar-refractivity contribution in [1.29, 1.82) is 0 Å². The highest BCUT2D eigenvalue weighted by atomic mass is 16.9. The van der Waals surface area contributed by atoms with E-state index in [0.29, 0.717) is 11.4 Å². The van der Waals surface area contributed by atoms with E-state index in [9.17, 15) is 14.9 Å². The van der Waals surface area contributed by atoms with E-state index in [0.717, 1.165) is 22.1 Å². The molecule has 158 valence electrons. The van der Waals surface area contributed by atoms with Crippen molar-refractivity contribution in [3.8, 4) is 5.75 Å². The van der Waals surface area contributed by atoms with Gasteiger partial charge in [0.05, 0.1) is 24.9 Å². The lowest BCUT2D eigenvalue weighted by atomic mass is 10.0. The Morgan fingerprint density at radius 3 is 2.37 bits per heavy atom. The number of pyridine rings is 1. The molecule has 2 aromatic carbocycles. The highest BCUT2D eigenvalue weighted by Crippen LogP contribution is 2.22. The van der Waals surface area contributed by atoms with Crippen LogP contribution >= 0.6 is 0 Å². The number of carbonyl (C=O) groups excluding carboxylic acids is 1. The number of methoxy groups -OCH3 is 1. The summed E-state index contributed by atoms with van der Waals surface area (Å²) < 4.78 is 10.5. The number of benzene rings is 2. The lowest BCUT2D eigenvalue weighted by Crippen LogP contribution is -2.09. The Bertz CT molecular complexity index is 1010. The number of rotatable bonds is 8. The third-order valence-corrected chi connectivity index (χ3v) is 4.02. The lowest BCUT2D eigenvalue weighted by Gasteiger charge is -2.07. The van der Waals surface area contributed by atoms with Gasteiger partial charge in [0.15, 0.2) is 0 Å². The number of ether oxygens (including phenoxy) is 2. The Kier molecular flexibility index (Phi) is 8.56. The highest BCUT2D eigenvalue weighted by molar-refractivity contribution is 5.85. The Balaban J connectivity index is 0.00000155. The van der Waals surface area contributed by atoms with Gasteiger partial charge in [-0.15, -0.1) is 10.1 Å². The van der Waals surface area contributed by atoms with Crippen LogP contribution in [-0.4, -0.2) is 23.1 Å². The molecule has 3 aromatic rings. The first-order chi connectivity index (χ1) is 14.5. The SMILES string of the molecule is CC.COc1ccc2cc(CC(=O)OCc3cccc(CO[N+](=O)[O-])n3)ccc2c1. The summed E-state index contributed by atoms with van der Waals surface area (Å²) >= 11 is 0. The molecule has 0 aliphatic rings. The zero-order chi connectivity index (χ0) is 21.9. The molecule has 1 aromatic heterocycles. The molecule has 8 heteroatoms. The van der Waals surface area contributed by atoms with Gasteiger partial charge < -0.3 is 14.3 Å². The number of aromatic nitrogens is 1. The zero-order valence-corrected chi connectivity index (χ0v) is 17.2. The predicted molar refractivity (Wildman–Crippen MR) is 111 cm³/mol. The molecule has 1 heterocycles. The summed E-state index contributed by atoms with van der Waals surface area (Å²) in [6, 6.07) is 16.4. The van der Waals surface area contributed by atoms with Crippen molar-refractivity contribution in [2.45, 2.75) is 33.5 Å². The molecule has 8 nitrogen and oxygen atoms in total. The predicted octanol–water partition coefficient (Wildman–Crippen LogP) is 4.26. The molecule has 0 aliphatic heterocycles. The van der Waals surface area contributed by atoms with Gasteiger partial charge in [-0.1, -0.05) is 44.2 Å². The molecular formula is C22H24N2O6. The standard InChI is InChI=1S/C20H18N2O6.C2H6/c1-26-19-8-7-15-9-14(5-6-16(15)11-19)10-20(23)27-12-17-3-2-4-18(21-17)13-28-22(24)25;1-2/h2-9,11H,10,12-13H2,1H3;1-2H3. The fourth-order valence-corrected chi connectivity index (χ4v) is 2.69. The topological polar surface area (TPSA) is 101 Å². The van der Waals surface area contributed by atoms with Crippen LogP contribution in [-0.2, 0) is 34.0 Å². The van der Waals surface area contributed by atoms with Gasteiger partial charge in [-0.3, -0.25) is 9.78 Å². The first-order valence-electron chi connectivity index (χ1n) is 9.48. The van der Waals surface area contributed by atoms with Gasteiger partial charge in [0, 0.05) is 0 Å². The van der Waals surface area contributed by atoms with Gasteiger partial charge >= 0.3 is 5.97 Å². The number of nitrogens with zero attached hydrogens (tertiary/aromatic N) is 2. The third kappa shape index (κ3) is 6.73. The third-order valence-electron chi connectivity index (χ3n) is 4.02. The van der Waals surface area contributed by atoms with Crippen molar-refractivity contribution in [3.05, 3.63) is 81.7 Å². The van der Waals surface area contributed by atoms with E-state index < -0.39 is 5.09 Å². The molecule has 0 radical (unpaired) electrons. The number of carbonyl (C=O) groups is 1. The molecule has 0 N–H and O–H groups in total. The Hall–Kier alpha value is -3.68. The molecule has 30 heavy (non-hydrogen) atoms. The Morgan fingerprint density at radius 2 is 1.67 bits per heavy atom. The molecule has 0 unspecified atom stereocenters. The van der Waals surface area contributed by atoms with Crippen LogP contribution in [0.25, 0.3) is 10.8 Å². The average Bonchev–Trinajstić information content (AvgIpc) is 2.77. The van der Waals surface area contributed by atoms with Crippen molar-refractivity contribution in [3.63, 3.8) is 0 Å². The van der Waals surface area contributed by atoms with Crippen molar-refractivity contribution in [1.82, 2.24) is 4.98 Å². The Morgan fingerprint density at radius 1 is 1.00 bits per heavy atom. The van der Waals surface area contributed by atoms with Crippen LogP contribution in [0.5, 0.6) is 5.75 Å². The summed E-state index contributed by atoms with van der Waals surface area (Å²) in [7, 11) is 1.62. The van der Waals surface area contributed by atoms with Gasteiger partial charge in [0.25, 0.3) is 5.09 Å². The van der Waals surface area contributed by atoms with Crippen LogP contribution in [0.2, 0.25) is 0 Å². The van der Waals surface area contributed by atoms with E-state index in [2.05, 4.69) is 9.82 Å². The molecule has 0 amide bonds. The van der Waals surface area contributed by atoms with E-state index in [1.807, 2.05) is 50.2 Å². The first-order valence-corrected chi connectivity index (χ1v) is 9.48. The van der Waals surface area contributed by atoms with Crippen molar-refractivity contribution in [2.75, 3.05) is 7.11 Å². The van der Waals surface area contributed by atoms with E-state index >= 15 is 0 Å². The van der Waals surface area contributed by atoms with Gasteiger partial charge in [-0.25, -0.2) is 0 Å². The average molecular weight is 412 g/mol.